The van der Waals surface area contributed by atoms with Crippen molar-refractivity contribution in [2.75, 3.05) is 26.2 Å². The average molecular weight is 338 g/mol. The number of benzene rings is 2. The fourth-order valence-electron chi connectivity index (χ4n) is 2.93. The minimum absolute atomic E-state index is 0.103. The highest BCUT2D eigenvalue weighted by Crippen LogP contribution is 2.14. The Morgan fingerprint density at radius 1 is 1.04 bits per heavy atom. The molecule has 3 rings (SSSR count). The van der Waals surface area contributed by atoms with Crippen LogP contribution in [0.5, 0.6) is 0 Å². The number of nitro benzene ring substituents is 1. The first kappa shape index (κ1) is 17.1. The first-order chi connectivity index (χ1) is 12.1. The van der Waals surface area contributed by atoms with Crippen molar-refractivity contribution in [2.24, 2.45) is 5.10 Å². The van der Waals surface area contributed by atoms with Gasteiger partial charge in [0.15, 0.2) is 0 Å². The van der Waals surface area contributed by atoms with Gasteiger partial charge in [-0.25, -0.2) is 0 Å². The lowest BCUT2D eigenvalue weighted by Crippen LogP contribution is -2.43. The number of piperazine rings is 1. The molecule has 25 heavy (non-hydrogen) atoms. The molecule has 0 unspecified atom stereocenters. The van der Waals surface area contributed by atoms with Gasteiger partial charge in [-0.05, 0) is 30.2 Å². The maximum atomic E-state index is 10.7. The van der Waals surface area contributed by atoms with Crippen LogP contribution in [0.25, 0.3) is 0 Å². The molecule has 6 heteroatoms. The molecule has 1 saturated heterocycles. The summed E-state index contributed by atoms with van der Waals surface area (Å²) in [6.45, 7) is 6.64. The third-order valence-electron chi connectivity index (χ3n) is 4.39. The second-order valence-electron chi connectivity index (χ2n) is 6.20. The summed E-state index contributed by atoms with van der Waals surface area (Å²) in [6.07, 6.45) is 0. The molecule has 0 N–H and O–H groups in total. The second-order valence-corrected chi connectivity index (χ2v) is 6.20. The molecule has 0 amide bonds. The van der Waals surface area contributed by atoms with Crippen LogP contribution in [0.3, 0.4) is 0 Å². The van der Waals surface area contributed by atoms with Crippen LogP contribution < -0.4 is 0 Å². The van der Waals surface area contributed by atoms with Crippen LogP contribution in [0, 0.1) is 10.1 Å². The molecule has 1 aliphatic rings. The lowest BCUT2D eigenvalue weighted by atomic mass is 10.1. The Labute approximate surface area is 147 Å². The largest absolute Gasteiger partial charge is 0.295 e. The lowest BCUT2D eigenvalue weighted by molar-refractivity contribution is -0.384. The molecular formula is C19H22N4O2. The molecule has 2 aromatic carbocycles. The Kier molecular flexibility index (Phi) is 5.40. The van der Waals surface area contributed by atoms with Gasteiger partial charge in [0, 0.05) is 44.9 Å². The molecule has 0 radical (unpaired) electrons. The van der Waals surface area contributed by atoms with E-state index in [0.717, 1.165) is 44.0 Å². The highest BCUT2D eigenvalue weighted by molar-refractivity contribution is 5.98. The Hall–Kier alpha value is -2.73. The van der Waals surface area contributed by atoms with Gasteiger partial charge in [-0.2, -0.15) is 5.10 Å². The standard InChI is InChI=1S/C19H22N4O2/c1-16(18-7-9-19(10-8-18)23(24)25)20-22-13-11-21(12-14-22)15-17-5-3-2-4-6-17/h2-10H,11-15H2,1H3. The number of rotatable bonds is 5. The maximum Gasteiger partial charge on any atom is 0.269 e. The molecule has 0 saturated carbocycles. The van der Waals surface area contributed by atoms with Crippen molar-refractivity contribution >= 4 is 11.4 Å². The topological polar surface area (TPSA) is 62.0 Å². The summed E-state index contributed by atoms with van der Waals surface area (Å²) < 4.78 is 0. The zero-order chi connectivity index (χ0) is 17.6. The number of hydrazone groups is 1. The van der Waals surface area contributed by atoms with Crippen LogP contribution >= 0.6 is 0 Å². The molecule has 1 heterocycles. The van der Waals surface area contributed by atoms with E-state index in [1.807, 2.05) is 13.0 Å². The predicted octanol–water partition coefficient (Wildman–Crippen LogP) is 3.14. The number of nitrogens with zero attached hydrogens (tertiary/aromatic N) is 4. The highest BCUT2D eigenvalue weighted by atomic mass is 16.6. The van der Waals surface area contributed by atoms with E-state index in [2.05, 4.69) is 39.3 Å². The summed E-state index contributed by atoms with van der Waals surface area (Å²) in [5.41, 5.74) is 3.23. The molecule has 0 atom stereocenters. The lowest BCUT2D eigenvalue weighted by Gasteiger charge is -2.33. The van der Waals surface area contributed by atoms with Gasteiger partial charge in [-0.3, -0.25) is 20.0 Å². The number of nitro groups is 1. The quantitative estimate of drug-likeness (QED) is 0.477. The van der Waals surface area contributed by atoms with Crippen molar-refractivity contribution in [1.29, 1.82) is 0 Å². The van der Waals surface area contributed by atoms with E-state index in [0.29, 0.717) is 0 Å². The monoisotopic (exact) mass is 338 g/mol. The Balaban J connectivity index is 1.55. The van der Waals surface area contributed by atoms with Crippen molar-refractivity contribution in [3.05, 3.63) is 75.8 Å². The van der Waals surface area contributed by atoms with Gasteiger partial charge in [-0.15, -0.1) is 0 Å². The summed E-state index contributed by atoms with van der Waals surface area (Å²) in [6, 6.07) is 17.0. The van der Waals surface area contributed by atoms with Crippen molar-refractivity contribution in [3.63, 3.8) is 0 Å². The van der Waals surface area contributed by atoms with Crippen LogP contribution in [0.4, 0.5) is 5.69 Å². The first-order valence-electron chi connectivity index (χ1n) is 8.43. The minimum atomic E-state index is -0.387. The van der Waals surface area contributed by atoms with Gasteiger partial charge in [0.1, 0.15) is 0 Å². The molecule has 1 aliphatic heterocycles. The Bertz CT molecular complexity index is 736. The molecular weight excluding hydrogens is 316 g/mol. The van der Waals surface area contributed by atoms with Gasteiger partial charge in [-0.1, -0.05) is 30.3 Å². The fourth-order valence-corrected chi connectivity index (χ4v) is 2.93. The SMILES string of the molecule is CC(=NN1CCN(Cc2ccccc2)CC1)c1ccc([N+](=O)[O-])cc1. The van der Waals surface area contributed by atoms with Crippen LogP contribution in [-0.2, 0) is 6.54 Å². The Morgan fingerprint density at radius 2 is 1.68 bits per heavy atom. The normalized spacial score (nSPS) is 16.0. The van der Waals surface area contributed by atoms with E-state index in [1.165, 1.54) is 17.7 Å². The second kappa shape index (κ2) is 7.90. The summed E-state index contributed by atoms with van der Waals surface area (Å²) in [4.78, 5) is 12.8. The van der Waals surface area contributed by atoms with Crippen molar-refractivity contribution in [1.82, 2.24) is 9.91 Å². The van der Waals surface area contributed by atoms with Crippen molar-refractivity contribution in [2.45, 2.75) is 13.5 Å². The van der Waals surface area contributed by atoms with Crippen molar-refractivity contribution in [3.8, 4) is 0 Å². The van der Waals surface area contributed by atoms with E-state index >= 15 is 0 Å². The van der Waals surface area contributed by atoms with E-state index < -0.39 is 0 Å². The van der Waals surface area contributed by atoms with E-state index in [4.69, 9.17) is 0 Å². The zero-order valence-corrected chi connectivity index (χ0v) is 14.3. The highest BCUT2D eigenvalue weighted by Gasteiger charge is 2.16. The smallest absolute Gasteiger partial charge is 0.269 e. The Morgan fingerprint density at radius 3 is 2.28 bits per heavy atom. The maximum absolute atomic E-state index is 10.7. The summed E-state index contributed by atoms with van der Waals surface area (Å²) in [5, 5.41) is 17.5. The van der Waals surface area contributed by atoms with E-state index in [1.54, 1.807) is 12.1 Å². The van der Waals surface area contributed by atoms with E-state index in [-0.39, 0.29) is 10.6 Å². The third-order valence-corrected chi connectivity index (χ3v) is 4.39. The van der Waals surface area contributed by atoms with Crippen molar-refractivity contribution < 1.29 is 4.92 Å². The van der Waals surface area contributed by atoms with Crippen LogP contribution in [0.2, 0.25) is 0 Å². The summed E-state index contributed by atoms with van der Waals surface area (Å²) >= 11 is 0. The van der Waals surface area contributed by atoms with Gasteiger partial charge in [0.05, 0.1) is 10.6 Å². The molecule has 0 spiro atoms. The van der Waals surface area contributed by atoms with Gasteiger partial charge in [0.2, 0.25) is 0 Å². The van der Waals surface area contributed by atoms with Gasteiger partial charge < -0.3 is 0 Å². The number of hydrogen-bond acceptors (Lipinski definition) is 5. The van der Waals surface area contributed by atoms with Crippen LogP contribution in [0.15, 0.2) is 59.7 Å². The van der Waals surface area contributed by atoms with Gasteiger partial charge >= 0.3 is 0 Å². The average Bonchev–Trinajstić information content (AvgIpc) is 2.64. The predicted molar refractivity (Wildman–Crippen MR) is 98.6 cm³/mol. The summed E-state index contributed by atoms with van der Waals surface area (Å²) in [7, 11) is 0. The molecule has 6 nitrogen and oxygen atoms in total. The molecule has 2 aromatic rings. The third kappa shape index (κ3) is 4.64. The molecule has 1 fully saturated rings. The van der Waals surface area contributed by atoms with Crippen LogP contribution in [-0.4, -0.2) is 46.7 Å². The first-order valence-corrected chi connectivity index (χ1v) is 8.43. The van der Waals surface area contributed by atoms with Gasteiger partial charge in [0.25, 0.3) is 5.69 Å². The summed E-state index contributed by atoms with van der Waals surface area (Å²) in [5.74, 6) is 0. The fraction of sp³-hybridized carbons (Fsp3) is 0.316. The van der Waals surface area contributed by atoms with E-state index in [9.17, 15) is 10.1 Å². The number of hydrogen-bond donors (Lipinski definition) is 0. The van der Waals surface area contributed by atoms with Crippen LogP contribution in [0.1, 0.15) is 18.1 Å². The molecule has 0 aromatic heterocycles. The minimum Gasteiger partial charge on any atom is -0.295 e. The zero-order valence-electron chi connectivity index (χ0n) is 14.3. The molecule has 130 valence electrons. The molecule has 0 bridgehead atoms. The molecule has 0 aliphatic carbocycles. The number of non-ortho nitro benzene ring substituents is 1.